The maximum Gasteiger partial charge on any atom is 0.273 e. The van der Waals surface area contributed by atoms with Gasteiger partial charge in [0, 0.05) is 24.1 Å². The van der Waals surface area contributed by atoms with E-state index in [4.69, 9.17) is 4.52 Å². The second-order valence-corrected chi connectivity index (χ2v) is 5.35. The lowest BCUT2D eigenvalue weighted by Crippen LogP contribution is -2.42. The summed E-state index contributed by atoms with van der Waals surface area (Å²) in [5.74, 6) is 0.617. The highest BCUT2D eigenvalue weighted by molar-refractivity contribution is 5.93. The van der Waals surface area contributed by atoms with E-state index < -0.39 is 0 Å². The third-order valence-electron chi connectivity index (χ3n) is 3.25. The molecule has 1 heterocycles. The molecule has 19 heavy (non-hydrogen) atoms. The normalized spacial score (nSPS) is 11.6. The zero-order valence-corrected chi connectivity index (χ0v) is 12.6. The molecule has 108 valence electrons. The Kier molecular flexibility index (Phi) is 5.54. The fraction of sp³-hybridized carbons (Fsp3) is 0.714. The Morgan fingerprint density at radius 1 is 1.37 bits per heavy atom. The molecule has 5 nitrogen and oxygen atoms in total. The monoisotopic (exact) mass is 267 g/mol. The van der Waals surface area contributed by atoms with E-state index >= 15 is 0 Å². The summed E-state index contributed by atoms with van der Waals surface area (Å²) in [7, 11) is 0. The highest BCUT2D eigenvalue weighted by Crippen LogP contribution is 2.13. The first-order valence-electron chi connectivity index (χ1n) is 6.89. The van der Waals surface area contributed by atoms with Gasteiger partial charge >= 0.3 is 0 Å². The van der Waals surface area contributed by atoms with Crippen molar-refractivity contribution in [1.82, 2.24) is 15.8 Å². The van der Waals surface area contributed by atoms with Gasteiger partial charge in [-0.15, -0.1) is 0 Å². The van der Waals surface area contributed by atoms with Gasteiger partial charge in [0.25, 0.3) is 5.91 Å². The Labute approximate surface area is 115 Å². The van der Waals surface area contributed by atoms with Crippen molar-refractivity contribution in [2.24, 2.45) is 0 Å². The fourth-order valence-corrected chi connectivity index (χ4v) is 2.05. The molecule has 1 aromatic rings. The predicted octanol–water partition coefficient (Wildman–Crippen LogP) is 2.05. The molecule has 0 radical (unpaired) electrons. The van der Waals surface area contributed by atoms with Crippen LogP contribution in [-0.2, 0) is 6.42 Å². The van der Waals surface area contributed by atoms with Crippen molar-refractivity contribution in [2.75, 3.05) is 13.1 Å². The number of hydrogen-bond donors (Lipinski definition) is 2. The van der Waals surface area contributed by atoms with Crippen LogP contribution in [0.1, 0.15) is 55.9 Å². The summed E-state index contributed by atoms with van der Waals surface area (Å²) >= 11 is 0. The minimum absolute atomic E-state index is 0.0233. The Morgan fingerprint density at radius 3 is 2.58 bits per heavy atom. The lowest BCUT2D eigenvalue weighted by atomic mass is 10.0. The van der Waals surface area contributed by atoms with E-state index in [0.29, 0.717) is 12.2 Å². The van der Waals surface area contributed by atoms with E-state index in [1.165, 1.54) is 0 Å². The minimum atomic E-state index is -0.159. The highest BCUT2D eigenvalue weighted by Gasteiger charge is 2.19. The van der Waals surface area contributed by atoms with Crippen LogP contribution in [0.15, 0.2) is 4.52 Å². The molecule has 0 aliphatic carbocycles. The molecule has 0 aliphatic rings. The van der Waals surface area contributed by atoms with E-state index in [9.17, 15) is 4.79 Å². The van der Waals surface area contributed by atoms with Crippen molar-refractivity contribution in [1.29, 1.82) is 0 Å². The van der Waals surface area contributed by atoms with E-state index in [1.54, 1.807) is 0 Å². The summed E-state index contributed by atoms with van der Waals surface area (Å²) in [6.45, 7) is 11.7. The second-order valence-electron chi connectivity index (χ2n) is 5.35. The standard InChI is InChI=1S/C14H25N3O2/c1-6-11-10(3)12(17-19-11)13(18)15-9-8-14(4,5)16-7-2/h16H,6-9H2,1-5H3,(H,15,18). The van der Waals surface area contributed by atoms with Crippen LogP contribution in [0, 0.1) is 6.92 Å². The number of carbonyl (C=O) groups excluding carboxylic acids is 1. The van der Waals surface area contributed by atoms with Gasteiger partial charge in [0.1, 0.15) is 5.76 Å². The number of aryl methyl sites for hydroxylation is 1. The third kappa shape index (κ3) is 4.35. The average Bonchev–Trinajstić information content (AvgIpc) is 2.69. The van der Waals surface area contributed by atoms with Gasteiger partial charge in [-0.2, -0.15) is 0 Å². The van der Waals surface area contributed by atoms with Crippen LogP contribution in [0.4, 0.5) is 0 Å². The summed E-state index contributed by atoms with van der Waals surface area (Å²) in [5.41, 5.74) is 1.26. The summed E-state index contributed by atoms with van der Waals surface area (Å²) < 4.78 is 5.13. The lowest BCUT2D eigenvalue weighted by molar-refractivity contribution is 0.0941. The van der Waals surface area contributed by atoms with E-state index in [2.05, 4.69) is 36.6 Å². The van der Waals surface area contributed by atoms with Crippen LogP contribution in [0.2, 0.25) is 0 Å². The number of nitrogens with zero attached hydrogens (tertiary/aromatic N) is 1. The third-order valence-corrected chi connectivity index (χ3v) is 3.25. The second kappa shape index (κ2) is 6.70. The van der Waals surface area contributed by atoms with Crippen molar-refractivity contribution in [3.8, 4) is 0 Å². The SMILES string of the molecule is CCNC(C)(C)CCNC(=O)c1noc(CC)c1C. The molecule has 0 aromatic carbocycles. The Balaban J connectivity index is 2.50. The van der Waals surface area contributed by atoms with Gasteiger partial charge in [0.15, 0.2) is 5.69 Å². The molecule has 1 aromatic heterocycles. The van der Waals surface area contributed by atoms with E-state index in [0.717, 1.165) is 30.7 Å². The Hall–Kier alpha value is -1.36. The van der Waals surface area contributed by atoms with Gasteiger partial charge < -0.3 is 15.2 Å². The maximum absolute atomic E-state index is 12.0. The molecule has 0 bridgehead atoms. The summed E-state index contributed by atoms with van der Waals surface area (Å²) in [6.07, 6.45) is 1.61. The first kappa shape index (κ1) is 15.7. The quantitative estimate of drug-likeness (QED) is 0.793. The van der Waals surface area contributed by atoms with Crippen LogP contribution in [0.25, 0.3) is 0 Å². The molecule has 0 fully saturated rings. The molecule has 1 rings (SSSR count). The zero-order chi connectivity index (χ0) is 14.5. The van der Waals surface area contributed by atoms with Gasteiger partial charge in [-0.25, -0.2) is 0 Å². The van der Waals surface area contributed by atoms with Crippen molar-refractivity contribution < 1.29 is 9.32 Å². The van der Waals surface area contributed by atoms with Crippen molar-refractivity contribution >= 4 is 5.91 Å². The number of rotatable bonds is 7. The zero-order valence-electron chi connectivity index (χ0n) is 12.6. The predicted molar refractivity (Wildman–Crippen MR) is 75.3 cm³/mol. The fourth-order valence-electron chi connectivity index (χ4n) is 2.05. The van der Waals surface area contributed by atoms with Gasteiger partial charge in [-0.05, 0) is 33.7 Å². The molecule has 5 heteroatoms. The topological polar surface area (TPSA) is 67.2 Å². The number of nitrogens with one attached hydrogen (secondary N) is 2. The number of hydrogen-bond acceptors (Lipinski definition) is 4. The number of carbonyl (C=O) groups is 1. The van der Waals surface area contributed by atoms with Gasteiger partial charge in [-0.1, -0.05) is 19.0 Å². The smallest absolute Gasteiger partial charge is 0.273 e. The maximum atomic E-state index is 12.0. The Bertz CT molecular complexity index is 424. The van der Waals surface area contributed by atoms with Crippen molar-refractivity contribution in [3.05, 3.63) is 17.0 Å². The molecule has 1 amide bonds. The van der Waals surface area contributed by atoms with Gasteiger partial charge in [-0.3, -0.25) is 4.79 Å². The lowest BCUT2D eigenvalue weighted by Gasteiger charge is -2.25. The molecule has 0 saturated carbocycles. The average molecular weight is 267 g/mol. The molecular formula is C14H25N3O2. The Morgan fingerprint density at radius 2 is 2.05 bits per heavy atom. The largest absolute Gasteiger partial charge is 0.360 e. The molecule has 0 unspecified atom stereocenters. The first-order valence-corrected chi connectivity index (χ1v) is 6.89. The number of aromatic nitrogens is 1. The van der Waals surface area contributed by atoms with Gasteiger partial charge in [0.05, 0.1) is 0 Å². The van der Waals surface area contributed by atoms with Crippen LogP contribution < -0.4 is 10.6 Å². The minimum Gasteiger partial charge on any atom is -0.360 e. The molecule has 2 N–H and O–H groups in total. The molecule has 0 aliphatic heterocycles. The van der Waals surface area contributed by atoms with E-state index in [-0.39, 0.29) is 11.4 Å². The molecule has 0 spiro atoms. The summed E-state index contributed by atoms with van der Waals surface area (Å²) in [6, 6.07) is 0. The van der Waals surface area contributed by atoms with Gasteiger partial charge in [0.2, 0.25) is 0 Å². The number of amides is 1. The molecule has 0 atom stereocenters. The van der Waals surface area contributed by atoms with E-state index in [1.807, 2.05) is 13.8 Å². The van der Waals surface area contributed by atoms with Crippen LogP contribution in [0.5, 0.6) is 0 Å². The highest BCUT2D eigenvalue weighted by atomic mass is 16.5. The van der Waals surface area contributed by atoms with Crippen LogP contribution in [0.3, 0.4) is 0 Å². The van der Waals surface area contributed by atoms with Crippen molar-refractivity contribution in [3.63, 3.8) is 0 Å². The van der Waals surface area contributed by atoms with Crippen LogP contribution >= 0.6 is 0 Å². The molecule has 0 saturated heterocycles. The molecular weight excluding hydrogens is 242 g/mol. The van der Waals surface area contributed by atoms with Crippen molar-refractivity contribution in [2.45, 2.75) is 53.0 Å². The first-order chi connectivity index (χ1) is 8.91. The summed E-state index contributed by atoms with van der Waals surface area (Å²) in [5, 5.41) is 10.1. The summed E-state index contributed by atoms with van der Waals surface area (Å²) in [4.78, 5) is 12.0. The van der Waals surface area contributed by atoms with Crippen LogP contribution in [-0.4, -0.2) is 29.7 Å².